The van der Waals surface area contributed by atoms with E-state index in [1.54, 1.807) is 12.1 Å². The normalized spacial score (nSPS) is 11.1. The van der Waals surface area contributed by atoms with Gasteiger partial charge in [-0.3, -0.25) is 0 Å². The minimum atomic E-state index is -0.220. The highest BCUT2D eigenvalue weighted by Gasteiger charge is 2.09. The first-order chi connectivity index (χ1) is 9.19. The summed E-state index contributed by atoms with van der Waals surface area (Å²) in [4.78, 5) is 3.39. The molecule has 1 aromatic heterocycles. The molecule has 0 aliphatic carbocycles. The highest BCUT2D eigenvalue weighted by molar-refractivity contribution is 5.90. The van der Waals surface area contributed by atoms with Gasteiger partial charge in [0.2, 0.25) is 0 Å². The van der Waals surface area contributed by atoms with Crippen molar-refractivity contribution in [2.75, 3.05) is 0 Å². The van der Waals surface area contributed by atoms with E-state index in [2.05, 4.69) is 18.0 Å². The Kier molecular flexibility index (Phi) is 2.84. The van der Waals surface area contributed by atoms with Crippen LogP contribution >= 0.6 is 0 Å². The van der Waals surface area contributed by atoms with E-state index >= 15 is 0 Å². The highest BCUT2D eigenvalue weighted by Crippen LogP contribution is 2.30. The van der Waals surface area contributed by atoms with Gasteiger partial charge in [0.15, 0.2) is 0 Å². The number of rotatable bonds is 2. The first kappa shape index (κ1) is 11.9. The molecule has 3 aromatic rings. The third-order valence-electron chi connectivity index (χ3n) is 3.49. The minimum Gasteiger partial charge on any atom is -0.354 e. The lowest BCUT2D eigenvalue weighted by Gasteiger charge is -2.00. The summed E-state index contributed by atoms with van der Waals surface area (Å²) in [5, 5.41) is 1.17. The van der Waals surface area contributed by atoms with Gasteiger partial charge in [-0.05, 0) is 60.0 Å². The Labute approximate surface area is 111 Å². The summed E-state index contributed by atoms with van der Waals surface area (Å²) in [6, 6.07) is 12.7. The second kappa shape index (κ2) is 4.52. The van der Waals surface area contributed by atoms with E-state index in [1.807, 2.05) is 12.1 Å². The van der Waals surface area contributed by atoms with Crippen LogP contribution in [0.4, 0.5) is 4.39 Å². The average molecular weight is 254 g/mol. The molecule has 0 spiro atoms. The summed E-state index contributed by atoms with van der Waals surface area (Å²) in [6.45, 7) is 2.60. The zero-order chi connectivity index (χ0) is 13.4. The first-order valence-electron chi connectivity index (χ1n) is 6.26. The summed E-state index contributed by atoms with van der Waals surface area (Å²) in [5.74, 6) is -0.220. The van der Waals surface area contributed by atoms with Crippen LogP contribution in [0.5, 0.6) is 0 Å². The molecule has 1 heterocycles. The van der Waals surface area contributed by atoms with Crippen molar-refractivity contribution in [3.05, 3.63) is 59.4 Å². The number of nitrogens with two attached hydrogens (primary N) is 1. The summed E-state index contributed by atoms with van der Waals surface area (Å²) >= 11 is 0. The van der Waals surface area contributed by atoms with E-state index in [1.165, 1.54) is 17.5 Å². The molecule has 3 N–H and O–H groups in total. The third kappa shape index (κ3) is 2.02. The monoisotopic (exact) mass is 254 g/mol. The Morgan fingerprint density at radius 2 is 1.84 bits per heavy atom. The van der Waals surface area contributed by atoms with Gasteiger partial charge in [-0.25, -0.2) is 4.39 Å². The lowest BCUT2D eigenvalue weighted by atomic mass is 10.1. The molecule has 3 rings (SSSR count). The van der Waals surface area contributed by atoms with Crippen LogP contribution < -0.4 is 5.73 Å². The SMILES string of the molecule is Cc1c(-c2ccc(F)cc2)[nH]c2ccc(CN)cc12. The van der Waals surface area contributed by atoms with Gasteiger partial charge in [-0.1, -0.05) is 6.07 Å². The number of H-pyrrole nitrogens is 1. The summed E-state index contributed by atoms with van der Waals surface area (Å²) in [5.41, 5.74) is 11.0. The number of halogens is 1. The van der Waals surface area contributed by atoms with Crippen molar-refractivity contribution in [3.8, 4) is 11.3 Å². The molecular weight excluding hydrogens is 239 g/mol. The fourth-order valence-electron chi connectivity index (χ4n) is 2.41. The van der Waals surface area contributed by atoms with E-state index < -0.39 is 0 Å². The Bertz CT molecular complexity index is 726. The van der Waals surface area contributed by atoms with Crippen molar-refractivity contribution in [3.63, 3.8) is 0 Å². The topological polar surface area (TPSA) is 41.8 Å². The molecule has 0 unspecified atom stereocenters. The standard InChI is InChI=1S/C16H15FN2/c1-10-14-8-11(9-18)2-7-15(14)19-16(10)12-3-5-13(17)6-4-12/h2-8,19H,9,18H2,1H3. The van der Waals surface area contributed by atoms with Crippen LogP contribution in [0.3, 0.4) is 0 Å². The molecule has 19 heavy (non-hydrogen) atoms. The minimum absolute atomic E-state index is 0.220. The van der Waals surface area contributed by atoms with Gasteiger partial charge in [0.05, 0.1) is 0 Å². The zero-order valence-corrected chi connectivity index (χ0v) is 10.7. The molecule has 0 saturated carbocycles. The quantitative estimate of drug-likeness (QED) is 0.718. The number of hydrogen-bond acceptors (Lipinski definition) is 1. The smallest absolute Gasteiger partial charge is 0.123 e. The first-order valence-corrected chi connectivity index (χ1v) is 6.26. The van der Waals surface area contributed by atoms with Crippen LogP contribution in [0.25, 0.3) is 22.2 Å². The largest absolute Gasteiger partial charge is 0.354 e. The molecule has 0 aliphatic rings. The van der Waals surface area contributed by atoms with Crippen LogP contribution in [0, 0.1) is 12.7 Å². The second-order valence-corrected chi connectivity index (χ2v) is 4.72. The Morgan fingerprint density at radius 3 is 2.53 bits per heavy atom. The molecule has 0 atom stereocenters. The number of aryl methyl sites for hydroxylation is 1. The van der Waals surface area contributed by atoms with E-state index in [0.717, 1.165) is 27.9 Å². The van der Waals surface area contributed by atoms with Gasteiger partial charge in [-0.15, -0.1) is 0 Å². The van der Waals surface area contributed by atoms with Gasteiger partial charge >= 0.3 is 0 Å². The molecule has 96 valence electrons. The van der Waals surface area contributed by atoms with E-state index in [4.69, 9.17) is 5.73 Å². The third-order valence-corrected chi connectivity index (χ3v) is 3.49. The summed E-state index contributed by atoms with van der Waals surface area (Å²) in [6.07, 6.45) is 0. The number of nitrogens with one attached hydrogen (secondary N) is 1. The molecule has 0 aliphatic heterocycles. The fourth-order valence-corrected chi connectivity index (χ4v) is 2.41. The maximum Gasteiger partial charge on any atom is 0.123 e. The van der Waals surface area contributed by atoms with Crippen molar-refractivity contribution in [2.24, 2.45) is 5.73 Å². The molecule has 0 saturated heterocycles. The second-order valence-electron chi connectivity index (χ2n) is 4.72. The van der Waals surface area contributed by atoms with Crippen molar-refractivity contribution < 1.29 is 4.39 Å². The maximum absolute atomic E-state index is 13.0. The summed E-state index contributed by atoms with van der Waals surface area (Å²) < 4.78 is 13.0. The van der Waals surface area contributed by atoms with Gasteiger partial charge in [0.1, 0.15) is 5.82 Å². The molecule has 2 nitrogen and oxygen atoms in total. The van der Waals surface area contributed by atoms with E-state index in [-0.39, 0.29) is 5.82 Å². The molecular formula is C16H15FN2. The molecule has 0 amide bonds. The predicted molar refractivity (Wildman–Crippen MR) is 76.3 cm³/mol. The van der Waals surface area contributed by atoms with Crippen molar-refractivity contribution >= 4 is 10.9 Å². The van der Waals surface area contributed by atoms with Crippen LogP contribution in [0.2, 0.25) is 0 Å². The Balaban J connectivity index is 2.19. The molecule has 0 bridgehead atoms. The van der Waals surface area contributed by atoms with Gasteiger partial charge in [-0.2, -0.15) is 0 Å². The highest BCUT2D eigenvalue weighted by atomic mass is 19.1. The number of aromatic nitrogens is 1. The Morgan fingerprint density at radius 1 is 1.11 bits per heavy atom. The molecule has 2 aromatic carbocycles. The average Bonchev–Trinajstić information content (AvgIpc) is 2.76. The van der Waals surface area contributed by atoms with Crippen molar-refractivity contribution in [1.29, 1.82) is 0 Å². The number of aromatic amines is 1. The van der Waals surface area contributed by atoms with Crippen LogP contribution in [0.1, 0.15) is 11.1 Å². The van der Waals surface area contributed by atoms with Crippen LogP contribution in [-0.2, 0) is 6.54 Å². The zero-order valence-electron chi connectivity index (χ0n) is 10.7. The van der Waals surface area contributed by atoms with Gasteiger partial charge in [0.25, 0.3) is 0 Å². The van der Waals surface area contributed by atoms with Gasteiger partial charge < -0.3 is 10.7 Å². The number of fused-ring (bicyclic) bond motifs is 1. The van der Waals surface area contributed by atoms with Crippen LogP contribution in [-0.4, -0.2) is 4.98 Å². The lowest BCUT2D eigenvalue weighted by molar-refractivity contribution is 0.628. The fraction of sp³-hybridized carbons (Fsp3) is 0.125. The van der Waals surface area contributed by atoms with E-state index in [0.29, 0.717) is 6.54 Å². The predicted octanol–water partition coefficient (Wildman–Crippen LogP) is 3.74. The number of benzene rings is 2. The Hall–Kier alpha value is -2.13. The van der Waals surface area contributed by atoms with E-state index in [9.17, 15) is 4.39 Å². The summed E-state index contributed by atoms with van der Waals surface area (Å²) in [7, 11) is 0. The van der Waals surface area contributed by atoms with Crippen molar-refractivity contribution in [2.45, 2.75) is 13.5 Å². The van der Waals surface area contributed by atoms with Gasteiger partial charge in [0, 0.05) is 23.1 Å². The lowest BCUT2D eigenvalue weighted by Crippen LogP contribution is -1.95. The maximum atomic E-state index is 13.0. The number of hydrogen-bond donors (Lipinski definition) is 2. The molecule has 3 heteroatoms. The molecule has 0 fully saturated rings. The molecule has 0 radical (unpaired) electrons. The van der Waals surface area contributed by atoms with Crippen LogP contribution in [0.15, 0.2) is 42.5 Å². The van der Waals surface area contributed by atoms with Crippen molar-refractivity contribution in [1.82, 2.24) is 4.98 Å².